The van der Waals surface area contributed by atoms with Gasteiger partial charge in [-0.25, -0.2) is 4.98 Å². The standard InChI is InChI=1S/C17H16N2/c1-11-7-12(2)9-14(8-11)16-6-4-13-3-5-15(18)10-17(13)19-16/h3-10H,18H2,1-2H3. The lowest BCUT2D eigenvalue weighted by atomic mass is 10.0. The van der Waals surface area contributed by atoms with Gasteiger partial charge in [-0.15, -0.1) is 0 Å². The smallest absolute Gasteiger partial charge is 0.0730 e. The molecular formula is C17H16N2. The molecule has 2 heteroatoms. The Morgan fingerprint density at radius 1 is 0.842 bits per heavy atom. The largest absolute Gasteiger partial charge is 0.399 e. The summed E-state index contributed by atoms with van der Waals surface area (Å²) >= 11 is 0. The number of hydrogen-bond acceptors (Lipinski definition) is 2. The van der Waals surface area contributed by atoms with Gasteiger partial charge in [-0.2, -0.15) is 0 Å². The van der Waals surface area contributed by atoms with Crippen LogP contribution in [-0.4, -0.2) is 4.98 Å². The van der Waals surface area contributed by atoms with Crippen LogP contribution in [0.4, 0.5) is 5.69 Å². The van der Waals surface area contributed by atoms with Crippen LogP contribution in [-0.2, 0) is 0 Å². The van der Waals surface area contributed by atoms with E-state index in [-0.39, 0.29) is 0 Å². The topological polar surface area (TPSA) is 38.9 Å². The molecule has 1 heterocycles. The van der Waals surface area contributed by atoms with E-state index < -0.39 is 0 Å². The van der Waals surface area contributed by atoms with Crippen LogP contribution in [0.3, 0.4) is 0 Å². The highest BCUT2D eigenvalue weighted by Crippen LogP contribution is 2.24. The molecule has 0 unspecified atom stereocenters. The maximum Gasteiger partial charge on any atom is 0.0730 e. The van der Waals surface area contributed by atoms with Gasteiger partial charge in [0.25, 0.3) is 0 Å². The summed E-state index contributed by atoms with van der Waals surface area (Å²) < 4.78 is 0. The third kappa shape index (κ3) is 2.29. The number of pyridine rings is 1. The van der Waals surface area contributed by atoms with Crippen molar-refractivity contribution in [3.05, 3.63) is 59.7 Å². The first-order chi connectivity index (χ1) is 9.11. The number of aryl methyl sites for hydroxylation is 2. The number of fused-ring (bicyclic) bond motifs is 1. The van der Waals surface area contributed by atoms with Crippen LogP contribution in [0.15, 0.2) is 48.5 Å². The van der Waals surface area contributed by atoms with E-state index in [4.69, 9.17) is 10.7 Å². The molecule has 0 atom stereocenters. The molecule has 0 aliphatic carbocycles. The Balaban J connectivity index is 2.19. The summed E-state index contributed by atoms with van der Waals surface area (Å²) in [5.74, 6) is 0. The van der Waals surface area contributed by atoms with Crippen molar-refractivity contribution in [2.45, 2.75) is 13.8 Å². The summed E-state index contributed by atoms with van der Waals surface area (Å²) in [5, 5.41) is 1.11. The molecule has 94 valence electrons. The Kier molecular flexibility index (Phi) is 2.71. The molecule has 0 fully saturated rings. The van der Waals surface area contributed by atoms with Gasteiger partial charge in [-0.05, 0) is 44.2 Å². The van der Waals surface area contributed by atoms with Crippen LogP contribution in [0.25, 0.3) is 22.2 Å². The first-order valence-corrected chi connectivity index (χ1v) is 6.37. The first kappa shape index (κ1) is 11.7. The quantitative estimate of drug-likeness (QED) is 0.658. The highest BCUT2D eigenvalue weighted by molar-refractivity contribution is 5.84. The lowest BCUT2D eigenvalue weighted by molar-refractivity contribution is 1.34. The molecule has 0 bridgehead atoms. The Labute approximate surface area is 112 Å². The van der Waals surface area contributed by atoms with Crippen molar-refractivity contribution in [1.82, 2.24) is 4.98 Å². The molecule has 0 aliphatic heterocycles. The number of rotatable bonds is 1. The van der Waals surface area contributed by atoms with Crippen molar-refractivity contribution in [3.8, 4) is 11.3 Å². The minimum absolute atomic E-state index is 0.748. The number of aromatic nitrogens is 1. The van der Waals surface area contributed by atoms with Crippen LogP contribution in [0, 0.1) is 13.8 Å². The minimum atomic E-state index is 0.748. The fourth-order valence-electron chi connectivity index (χ4n) is 2.42. The summed E-state index contributed by atoms with van der Waals surface area (Å²) in [6.45, 7) is 4.21. The number of nitrogen functional groups attached to an aromatic ring is 1. The molecule has 1 aromatic heterocycles. The van der Waals surface area contributed by atoms with Crippen molar-refractivity contribution in [3.63, 3.8) is 0 Å². The third-order valence-corrected chi connectivity index (χ3v) is 3.23. The average Bonchev–Trinajstić information content (AvgIpc) is 2.36. The summed E-state index contributed by atoms with van der Waals surface area (Å²) in [6.07, 6.45) is 0. The molecule has 0 spiro atoms. The van der Waals surface area contributed by atoms with Gasteiger partial charge in [-0.3, -0.25) is 0 Å². The number of benzene rings is 2. The van der Waals surface area contributed by atoms with E-state index in [9.17, 15) is 0 Å². The van der Waals surface area contributed by atoms with Gasteiger partial charge in [-0.1, -0.05) is 29.3 Å². The van der Waals surface area contributed by atoms with Crippen LogP contribution in [0.5, 0.6) is 0 Å². The highest BCUT2D eigenvalue weighted by Gasteiger charge is 2.03. The van der Waals surface area contributed by atoms with Gasteiger partial charge in [0.15, 0.2) is 0 Å². The van der Waals surface area contributed by atoms with Gasteiger partial charge in [0.05, 0.1) is 11.2 Å². The molecular weight excluding hydrogens is 232 g/mol. The zero-order chi connectivity index (χ0) is 13.4. The number of hydrogen-bond donors (Lipinski definition) is 1. The van der Waals surface area contributed by atoms with E-state index in [2.05, 4.69) is 44.2 Å². The molecule has 3 aromatic rings. The van der Waals surface area contributed by atoms with Crippen molar-refractivity contribution in [2.75, 3.05) is 5.73 Å². The molecule has 2 nitrogen and oxygen atoms in total. The first-order valence-electron chi connectivity index (χ1n) is 6.37. The summed E-state index contributed by atoms with van der Waals surface area (Å²) in [6, 6.07) is 16.5. The molecule has 2 N–H and O–H groups in total. The fourth-order valence-corrected chi connectivity index (χ4v) is 2.42. The molecule has 0 saturated carbocycles. The summed E-state index contributed by atoms with van der Waals surface area (Å²) in [5.41, 5.74) is 12.2. The van der Waals surface area contributed by atoms with Crippen LogP contribution in [0.2, 0.25) is 0 Å². The van der Waals surface area contributed by atoms with Gasteiger partial charge >= 0.3 is 0 Å². The highest BCUT2D eigenvalue weighted by atomic mass is 14.7. The van der Waals surface area contributed by atoms with Crippen LogP contribution >= 0.6 is 0 Å². The molecule has 3 rings (SSSR count). The number of nitrogens with zero attached hydrogens (tertiary/aromatic N) is 1. The Morgan fingerprint density at radius 2 is 1.53 bits per heavy atom. The molecule has 0 aliphatic rings. The van der Waals surface area contributed by atoms with Crippen molar-refractivity contribution >= 4 is 16.6 Å². The predicted molar refractivity (Wildman–Crippen MR) is 81.1 cm³/mol. The predicted octanol–water partition coefficient (Wildman–Crippen LogP) is 4.10. The molecule has 0 saturated heterocycles. The van der Waals surface area contributed by atoms with E-state index >= 15 is 0 Å². The second-order valence-electron chi connectivity index (χ2n) is 5.03. The normalized spacial score (nSPS) is 10.8. The van der Waals surface area contributed by atoms with Gasteiger partial charge in [0.1, 0.15) is 0 Å². The fraction of sp³-hybridized carbons (Fsp3) is 0.118. The molecule has 0 radical (unpaired) electrons. The lowest BCUT2D eigenvalue weighted by Crippen LogP contribution is -1.89. The van der Waals surface area contributed by atoms with E-state index in [1.165, 1.54) is 11.1 Å². The van der Waals surface area contributed by atoms with Crippen LogP contribution in [0.1, 0.15) is 11.1 Å². The molecule has 0 amide bonds. The summed E-state index contributed by atoms with van der Waals surface area (Å²) in [4.78, 5) is 4.71. The minimum Gasteiger partial charge on any atom is -0.399 e. The van der Waals surface area contributed by atoms with E-state index in [1.54, 1.807) is 0 Å². The van der Waals surface area contributed by atoms with E-state index in [0.29, 0.717) is 0 Å². The maximum absolute atomic E-state index is 5.82. The maximum atomic E-state index is 5.82. The zero-order valence-electron chi connectivity index (χ0n) is 11.1. The van der Waals surface area contributed by atoms with E-state index in [1.807, 2.05) is 18.2 Å². The van der Waals surface area contributed by atoms with Gasteiger partial charge in [0.2, 0.25) is 0 Å². The zero-order valence-corrected chi connectivity index (χ0v) is 11.1. The summed E-state index contributed by atoms with van der Waals surface area (Å²) in [7, 11) is 0. The van der Waals surface area contributed by atoms with Crippen molar-refractivity contribution < 1.29 is 0 Å². The second-order valence-corrected chi connectivity index (χ2v) is 5.03. The monoisotopic (exact) mass is 248 g/mol. The Bertz CT molecular complexity index is 740. The molecule has 19 heavy (non-hydrogen) atoms. The average molecular weight is 248 g/mol. The van der Waals surface area contributed by atoms with E-state index in [0.717, 1.165) is 27.8 Å². The second kappa shape index (κ2) is 4.39. The van der Waals surface area contributed by atoms with Crippen molar-refractivity contribution in [2.24, 2.45) is 0 Å². The lowest BCUT2D eigenvalue weighted by Gasteiger charge is -2.06. The Hall–Kier alpha value is -2.35. The van der Waals surface area contributed by atoms with Gasteiger partial charge in [0, 0.05) is 16.6 Å². The van der Waals surface area contributed by atoms with Crippen molar-refractivity contribution in [1.29, 1.82) is 0 Å². The SMILES string of the molecule is Cc1cc(C)cc(-c2ccc3ccc(N)cc3n2)c1. The van der Waals surface area contributed by atoms with Crippen LogP contribution < -0.4 is 5.73 Å². The van der Waals surface area contributed by atoms with Gasteiger partial charge < -0.3 is 5.73 Å². The Morgan fingerprint density at radius 3 is 2.26 bits per heavy atom. The number of anilines is 1. The number of nitrogens with two attached hydrogens (primary N) is 1. The molecule has 2 aromatic carbocycles. The third-order valence-electron chi connectivity index (χ3n) is 3.23.